The van der Waals surface area contributed by atoms with Crippen molar-refractivity contribution in [1.82, 2.24) is 0 Å². The summed E-state index contributed by atoms with van der Waals surface area (Å²) >= 11 is 3.51. The molecule has 1 atom stereocenters. The average Bonchev–Trinajstić information content (AvgIpc) is 2.42. The molecule has 104 valence electrons. The lowest BCUT2D eigenvalue weighted by Crippen LogP contribution is -2.25. The number of rotatable bonds is 5. The second-order valence-electron chi connectivity index (χ2n) is 4.68. The summed E-state index contributed by atoms with van der Waals surface area (Å²) in [5.41, 5.74) is 8.43. The van der Waals surface area contributed by atoms with Crippen molar-refractivity contribution >= 4 is 21.6 Å². The Bertz CT molecular complexity index is 599. The van der Waals surface area contributed by atoms with Crippen LogP contribution >= 0.6 is 15.9 Å². The van der Waals surface area contributed by atoms with Crippen LogP contribution < -0.4 is 5.73 Å². The van der Waals surface area contributed by atoms with Gasteiger partial charge >= 0.3 is 0 Å². The van der Waals surface area contributed by atoms with E-state index in [9.17, 15) is 10.1 Å². The van der Waals surface area contributed by atoms with E-state index in [-0.39, 0.29) is 11.7 Å². The Morgan fingerprint density at radius 3 is 2.35 bits per heavy atom. The third-order valence-corrected chi connectivity index (χ3v) is 3.86. The number of benzene rings is 2. The number of hydrogen-bond donors (Lipinski definition) is 1. The van der Waals surface area contributed by atoms with Crippen LogP contribution in [-0.2, 0) is 12.8 Å². The predicted molar refractivity (Wildman–Crippen MR) is 82.6 cm³/mol. The SMILES string of the molecule is NC(Cc1ccc([N+](=O)[O-])cc1)Cc1ccccc1Br. The van der Waals surface area contributed by atoms with E-state index >= 15 is 0 Å². The summed E-state index contributed by atoms with van der Waals surface area (Å²) in [5, 5.41) is 10.6. The van der Waals surface area contributed by atoms with Gasteiger partial charge in [0.05, 0.1) is 4.92 Å². The maximum absolute atomic E-state index is 10.6. The molecular weight excluding hydrogens is 320 g/mol. The summed E-state index contributed by atoms with van der Waals surface area (Å²) in [6.45, 7) is 0. The van der Waals surface area contributed by atoms with E-state index in [2.05, 4.69) is 15.9 Å². The summed E-state index contributed by atoms with van der Waals surface area (Å²) in [7, 11) is 0. The molecule has 1 unspecified atom stereocenters. The lowest BCUT2D eigenvalue weighted by atomic mass is 10.00. The lowest BCUT2D eigenvalue weighted by molar-refractivity contribution is -0.384. The van der Waals surface area contributed by atoms with Gasteiger partial charge in [0.1, 0.15) is 0 Å². The zero-order chi connectivity index (χ0) is 14.5. The van der Waals surface area contributed by atoms with Gasteiger partial charge in [-0.25, -0.2) is 0 Å². The monoisotopic (exact) mass is 334 g/mol. The van der Waals surface area contributed by atoms with Gasteiger partial charge in [-0.3, -0.25) is 10.1 Å². The minimum Gasteiger partial charge on any atom is -0.327 e. The number of non-ortho nitro benzene ring substituents is 1. The standard InChI is InChI=1S/C15H15BrN2O2/c16-15-4-2-1-3-12(15)10-13(17)9-11-5-7-14(8-6-11)18(19)20/h1-8,13H,9-10,17H2. The Balaban J connectivity index is 1.99. The Labute approximate surface area is 125 Å². The van der Waals surface area contributed by atoms with Crippen LogP contribution in [0.3, 0.4) is 0 Å². The zero-order valence-corrected chi connectivity index (χ0v) is 12.4. The van der Waals surface area contributed by atoms with Crippen LogP contribution in [0.15, 0.2) is 53.0 Å². The minimum atomic E-state index is -0.398. The normalized spacial score (nSPS) is 12.1. The van der Waals surface area contributed by atoms with E-state index in [0.717, 1.165) is 16.5 Å². The lowest BCUT2D eigenvalue weighted by Gasteiger charge is -2.13. The van der Waals surface area contributed by atoms with Crippen molar-refractivity contribution in [3.8, 4) is 0 Å². The molecule has 0 aromatic heterocycles. The van der Waals surface area contributed by atoms with Gasteiger partial charge < -0.3 is 5.73 Å². The highest BCUT2D eigenvalue weighted by Gasteiger charge is 2.09. The number of nitro groups is 1. The summed E-state index contributed by atoms with van der Waals surface area (Å²) in [5.74, 6) is 0. The molecule has 0 aliphatic rings. The second kappa shape index (κ2) is 6.63. The van der Waals surface area contributed by atoms with Crippen LogP contribution in [0, 0.1) is 10.1 Å². The van der Waals surface area contributed by atoms with Crippen LogP contribution in [0.5, 0.6) is 0 Å². The fraction of sp³-hybridized carbons (Fsp3) is 0.200. The topological polar surface area (TPSA) is 69.2 Å². The summed E-state index contributed by atoms with van der Waals surface area (Å²) in [6, 6.07) is 14.5. The van der Waals surface area contributed by atoms with Crippen molar-refractivity contribution in [3.63, 3.8) is 0 Å². The molecule has 2 N–H and O–H groups in total. The van der Waals surface area contributed by atoms with Gasteiger partial charge in [-0.1, -0.05) is 46.3 Å². The minimum absolute atomic E-state index is 0.0184. The Morgan fingerprint density at radius 2 is 1.75 bits per heavy atom. The third-order valence-electron chi connectivity index (χ3n) is 3.08. The number of nitrogens with zero attached hydrogens (tertiary/aromatic N) is 1. The van der Waals surface area contributed by atoms with Gasteiger partial charge in [-0.2, -0.15) is 0 Å². The Kier molecular flexibility index (Phi) is 4.87. The molecule has 0 saturated carbocycles. The average molecular weight is 335 g/mol. The van der Waals surface area contributed by atoms with Crippen molar-refractivity contribution in [3.05, 3.63) is 74.2 Å². The molecule has 0 radical (unpaired) electrons. The van der Waals surface area contributed by atoms with Crippen LogP contribution in [0.2, 0.25) is 0 Å². The first-order valence-corrected chi connectivity index (χ1v) is 7.08. The van der Waals surface area contributed by atoms with Gasteiger partial charge in [0.25, 0.3) is 5.69 Å². The molecule has 2 aromatic carbocycles. The van der Waals surface area contributed by atoms with E-state index in [4.69, 9.17) is 5.73 Å². The van der Waals surface area contributed by atoms with Crippen molar-refractivity contribution in [2.24, 2.45) is 5.73 Å². The third kappa shape index (κ3) is 3.88. The molecule has 0 saturated heterocycles. The Hall–Kier alpha value is -1.72. The fourth-order valence-corrected chi connectivity index (χ4v) is 2.52. The predicted octanol–water partition coefficient (Wildman–Crippen LogP) is 3.47. The summed E-state index contributed by atoms with van der Waals surface area (Å²) in [6.07, 6.45) is 1.46. The molecular formula is C15H15BrN2O2. The molecule has 0 fully saturated rings. The van der Waals surface area contributed by atoms with E-state index < -0.39 is 4.92 Å². The van der Waals surface area contributed by atoms with Gasteiger partial charge in [-0.05, 0) is 30.0 Å². The van der Waals surface area contributed by atoms with Crippen LogP contribution in [0.25, 0.3) is 0 Å². The molecule has 0 heterocycles. The highest BCUT2D eigenvalue weighted by atomic mass is 79.9. The van der Waals surface area contributed by atoms with Crippen molar-refractivity contribution in [2.45, 2.75) is 18.9 Å². The molecule has 2 rings (SSSR count). The summed E-state index contributed by atoms with van der Waals surface area (Å²) < 4.78 is 1.05. The molecule has 5 heteroatoms. The molecule has 0 aliphatic heterocycles. The van der Waals surface area contributed by atoms with Gasteiger partial charge in [0.2, 0.25) is 0 Å². The maximum atomic E-state index is 10.6. The number of nitrogens with two attached hydrogens (primary N) is 1. The van der Waals surface area contributed by atoms with Gasteiger partial charge in [-0.15, -0.1) is 0 Å². The first-order chi connectivity index (χ1) is 9.56. The first kappa shape index (κ1) is 14.7. The Morgan fingerprint density at radius 1 is 1.10 bits per heavy atom. The molecule has 0 spiro atoms. The van der Waals surface area contributed by atoms with E-state index in [0.29, 0.717) is 6.42 Å². The summed E-state index contributed by atoms with van der Waals surface area (Å²) in [4.78, 5) is 10.2. The van der Waals surface area contributed by atoms with Crippen LogP contribution in [0.4, 0.5) is 5.69 Å². The van der Waals surface area contributed by atoms with Crippen molar-refractivity contribution < 1.29 is 4.92 Å². The van der Waals surface area contributed by atoms with Crippen molar-refractivity contribution in [2.75, 3.05) is 0 Å². The number of halogens is 1. The van der Waals surface area contributed by atoms with Gasteiger partial charge in [0, 0.05) is 22.6 Å². The number of nitro benzene ring substituents is 1. The zero-order valence-electron chi connectivity index (χ0n) is 10.8. The molecule has 0 amide bonds. The van der Waals surface area contributed by atoms with E-state index in [1.54, 1.807) is 12.1 Å². The molecule has 4 nitrogen and oxygen atoms in total. The molecule has 0 aliphatic carbocycles. The quantitative estimate of drug-likeness (QED) is 0.672. The number of hydrogen-bond acceptors (Lipinski definition) is 3. The molecule has 0 bridgehead atoms. The second-order valence-corrected chi connectivity index (χ2v) is 5.54. The van der Waals surface area contributed by atoms with Crippen molar-refractivity contribution in [1.29, 1.82) is 0 Å². The van der Waals surface area contributed by atoms with Crippen LogP contribution in [-0.4, -0.2) is 11.0 Å². The van der Waals surface area contributed by atoms with E-state index in [1.807, 2.05) is 24.3 Å². The highest BCUT2D eigenvalue weighted by Crippen LogP contribution is 2.19. The molecule has 20 heavy (non-hydrogen) atoms. The van der Waals surface area contributed by atoms with E-state index in [1.165, 1.54) is 17.7 Å². The van der Waals surface area contributed by atoms with Crippen LogP contribution in [0.1, 0.15) is 11.1 Å². The smallest absolute Gasteiger partial charge is 0.269 e. The van der Waals surface area contributed by atoms with Gasteiger partial charge in [0.15, 0.2) is 0 Å². The fourth-order valence-electron chi connectivity index (χ4n) is 2.08. The first-order valence-electron chi connectivity index (χ1n) is 6.28. The highest BCUT2D eigenvalue weighted by molar-refractivity contribution is 9.10. The largest absolute Gasteiger partial charge is 0.327 e. The molecule has 2 aromatic rings. The maximum Gasteiger partial charge on any atom is 0.269 e.